The first-order valence-electron chi connectivity index (χ1n) is 5.04. The molecule has 1 aliphatic heterocycles. The predicted octanol–water partition coefficient (Wildman–Crippen LogP) is -0.502. The third-order valence-electron chi connectivity index (χ3n) is 2.91. The second-order valence-corrected chi connectivity index (χ2v) is 3.82. The van der Waals surface area contributed by atoms with Crippen molar-refractivity contribution in [3.63, 3.8) is 0 Å². The van der Waals surface area contributed by atoms with Gasteiger partial charge in [-0.1, -0.05) is 5.21 Å². The lowest BCUT2D eigenvalue weighted by Gasteiger charge is -2.28. The maximum absolute atomic E-state index is 8.73. The lowest BCUT2D eigenvalue weighted by Crippen LogP contribution is -2.32. The van der Waals surface area contributed by atoms with Crippen LogP contribution in [0.25, 0.3) is 0 Å². The molecule has 2 heterocycles. The van der Waals surface area contributed by atoms with Gasteiger partial charge in [0, 0.05) is 24.4 Å². The Morgan fingerprint density at radius 2 is 2.13 bits per heavy atom. The third-order valence-corrected chi connectivity index (χ3v) is 2.91. The first-order chi connectivity index (χ1) is 7.22. The van der Waals surface area contributed by atoms with E-state index in [1.165, 1.54) is 0 Å². The second kappa shape index (κ2) is 3.93. The summed E-state index contributed by atoms with van der Waals surface area (Å²) in [5, 5.41) is 16.6. The van der Waals surface area contributed by atoms with E-state index >= 15 is 0 Å². The van der Waals surface area contributed by atoms with Crippen LogP contribution in [0.3, 0.4) is 0 Å². The Bertz CT molecular complexity index is 386. The average Bonchev–Trinajstić information content (AvgIpc) is 2.60. The molecule has 1 aliphatic rings. The fourth-order valence-electron chi connectivity index (χ4n) is 1.91. The molecule has 0 aliphatic carbocycles. The van der Waals surface area contributed by atoms with Crippen molar-refractivity contribution in [2.45, 2.75) is 25.8 Å². The van der Waals surface area contributed by atoms with Gasteiger partial charge in [0.25, 0.3) is 0 Å². The van der Waals surface area contributed by atoms with E-state index in [-0.39, 0.29) is 0 Å². The molecule has 0 N–H and O–H groups in total. The summed E-state index contributed by atoms with van der Waals surface area (Å²) in [7, 11) is 5.64. The summed E-state index contributed by atoms with van der Waals surface area (Å²) in [6, 6.07) is 0.333. The summed E-state index contributed by atoms with van der Waals surface area (Å²) in [6.07, 6.45) is 4.01. The van der Waals surface area contributed by atoms with Crippen LogP contribution in [-0.4, -0.2) is 40.8 Å². The molecule has 0 amide bonds. The van der Waals surface area contributed by atoms with Crippen molar-refractivity contribution in [3.05, 3.63) is 5.69 Å². The summed E-state index contributed by atoms with van der Waals surface area (Å²) in [5.41, 5.74) is 1.42. The molecule has 1 saturated heterocycles. The van der Waals surface area contributed by atoms with E-state index in [2.05, 4.69) is 16.5 Å². The molecule has 5 nitrogen and oxygen atoms in total. The second-order valence-electron chi connectivity index (χ2n) is 3.82. The SMILES string of the molecule is [B]c1nnn(C2CCN(C#N)CC2)c1C. The Balaban J connectivity index is 2.08. The highest BCUT2D eigenvalue weighted by atomic mass is 15.4. The predicted molar refractivity (Wildman–Crippen MR) is 55.6 cm³/mol. The zero-order valence-corrected chi connectivity index (χ0v) is 8.72. The van der Waals surface area contributed by atoms with Crippen molar-refractivity contribution in [2.24, 2.45) is 0 Å². The number of rotatable bonds is 1. The first kappa shape index (κ1) is 10.0. The fraction of sp³-hybridized carbons (Fsp3) is 0.667. The Morgan fingerprint density at radius 1 is 1.47 bits per heavy atom. The number of nitriles is 1. The van der Waals surface area contributed by atoms with Crippen LogP contribution in [0, 0.1) is 18.4 Å². The van der Waals surface area contributed by atoms with E-state index in [0.717, 1.165) is 31.6 Å². The van der Waals surface area contributed by atoms with E-state index in [4.69, 9.17) is 13.1 Å². The Kier molecular flexibility index (Phi) is 2.63. The smallest absolute Gasteiger partial charge is 0.179 e. The van der Waals surface area contributed by atoms with Crippen LogP contribution in [0.4, 0.5) is 0 Å². The Labute approximate surface area is 90.1 Å². The summed E-state index contributed by atoms with van der Waals surface area (Å²) >= 11 is 0. The molecule has 0 saturated carbocycles. The minimum Gasteiger partial charge on any atom is -0.310 e. The summed E-state index contributed by atoms with van der Waals surface area (Å²) in [5.74, 6) is 0. The average molecular weight is 201 g/mol. The fourth-order valence-corrected chi connectivity index (χ4v) is 1.91. The van der Waals surface area contributed by atoms with Gasteiger partial charge in [0.05, 0.1) is 6.04 Å². The van der Waals surface area contributed by atoms with Crippen LogP contribution in [-0.2, 0) is 0 Å². The van der Waals surface area contributed by atoms with Crippen LogP contribution < -0.4 is 5.59 Å². The molecule has 1 aromatic heterocycles. The standard InChI is InChI=1S/C9H12BN5/c1-7-9(10)12-13-15(7)8-2-4-14(6-11)5-3-8/h8H,2-5H2,1H3. The quantitative estimate of drug-likeness (QED) is 0.454. The van der Waals surface area contributed by atoms with Gasteiger partial charge in [0.2, 0.25) is 0 Å². The molecule has 1 fully saturated rings. The summed E-state index contributed by atoms with van der Waals surface area (Å²) < 4.78 is 1.88. The molecule has 0 bridgehead atoms. The third kappa shape index (κ3) is 1.82. The maximum atomic E-state index is 8.73. The molecule has 6 heteroatoms. The van der Waals surface area contributed by atoms with E-state index in [1.807, 2.05) is 11.6 Å². The van der Waals surface area contributed by atoms with Gasteiger partial charge in [-0.15, -0.1) is 5.10 Å². The van der Waals surface area contributed by atoms with E-state index < -0.39 is 0 Å². The zero-order valence-electron chi connectivity index (χ0n) is 8.72. The summed E-state index contributed by atoms with van der Waals surface area (Å²) in [4.78, 5) is 1.77. The first-order valence-corrected chi connectivity index (χ1v) is 5.04. The highest BCUT2D eigenvalue weighted by molar-refractivity contribution is 6.31. The minimum absolute atomic E-state index is 0.333. The number of likely N-dealkylation sites (tertiary alicyclic amines) is 1. The van der Waals surface area contributed by atoms with Crippen molar-refractivity contribution < 1.29 is 0 Å². The van der Waals surface area contributed by atoms with Crippen LogP contribution in [0.2, 0.25) is 0 Å². The van der Waals surface area contributed by atoms with Gasteiger partial charge >= 0.3 is 0 Å². The van der Waals surface area contributed by atoms with Gasteiger partial charge in [0.1, 0.15) is 7.85 Å². The van der Waals surface area contributed by atoms with Crippen LogP contribution in [0.1, 0.15) is 24.6 Å². The maximum Gasteiger partial charge on any atom is 0.179 e. The van der Waals surface area contributed by atoms with Crippen molar-refractivity contribution in [1.29, 1.82) is 5.26 Å². The Hall–Kier alpha value is -1.51. The number of hydrogen-bond acceptors (Lipinski definition) is 4. The molecule has 2 rings (SSSR count). The van der Waals surface area contributed by atoms with Crippen molar-refractivity contribution in [3.8, 4) is 6.19 Å². The monoisotopic (exact) mass is 201 g/mol. The van der Waals surface area contributed by atoms with Crippen molar-refractivity contribution >= 4 is 13.4 Å². The lowest BCUT2D eigenvalue weighted by atomic mass is 10.0. The van der Waals surface area contributed by atoms with Gasteiger partial charge < -0.3 is 4.90 Å². The molecule has 1 aromatic rings. The molecule has 0 atom stereocenters. The largest absolute Gasteiger partial charge is 0.310 e. The molecule has 0 unspecified atom stereocenters. The van der Waals surface area contributed by atoms with Gasteiger partial charge in [-0.25, -0.2) is 4.68 Å². The number of aromatic nitrogens is 3. The molecule has 2 radical (unpaired) electrons. The van der Waals surface area contributed by atoms with Crippen LogP contribution >= 0.6 is 0 Å². The van der Waals surface area contributed by atoms with Gasteiger partial charge in [-0.05, 0) is 19.8 Å². The van der Waals surface area contributed by atoms with E-state index in [0.29, 0.717) is 11.6 Å². The van der Waals surface area contributed by atoms with Gasteiger partial charge in [-0.3, -0.25) is 0 Å². The normalized spacial score (nSPS) is 17.7. The topological polar surface area (TPSA) is 57.7 Å². The highest BCUT2D eigenvalue weighted by Gasteiger charge is 2.21. The number of nitrogens with zero attached hydrogens (tertiary/aromatic N) is 5. The molecule has 0 aromatic carbocycles. The molecular weight excluding hydrogens is 189 g/mol. The molecule has 15 heavy (non-hydrogen) atoms. The van der Waals surface area contributed by atoms with Crippen molar-refractivity contribution in [2.75, 3.05) is 13.1 Å². The van der Waals surface area contributed by atoms with Gasteiger partial charge in [-0.2, -0.15) is 5.26 Å². The Morgan fingerprint density at radius 3 is 2.60 bits per heavy atom. The molecule has 0 spiro atoms. The summed E-state index contributed by atoms with van der Waals surface area (Å²) in [6.45, 7) is 3.51. The van der Waals surface area contributed by atoms with Crippen LogP contribution in [0.5, 0.6) is 0 Å². The lowest BCUT2D eigenvalue weighted by molar-refractivity contribution is 0.237. The van der Waals surface area contributed by atoms with Crippen LogP contribution in [0.15, 0.2) is 0 Å². The van der Waals surface area contributed by atoms with E-state index in [9.17, 15) is 0 Å². The van der Waals surface area contributed by atoms with E-state index in [1.54, 1.807) is 4.90 Å². The number of hydrogen-bond donors (Lipinski definition) is 0. The zero-order chi connectivity index (χ0) is 10.8. The highest BCUT2D eigenvalue weighted by Crippen LogP contribution is 2.21. The van der Waals surface area contributed by atoms with Gasteiger partial charge in [0.15, 0.2) is 6.19 Å². The number of piperidine rings is 1. The molecule has 76 valence electrons. The van der Waals surface area contributed by atoms with Crippen molar-refractivity contribution in [1.82, 2.24) is 19.9 Å². The molecular formula is C9H12BN5. The minimum atomic E-state index is 0.333.